The smallest absolute Gasteiger partial charge is 0.281 e. The Hall–Kier alpha value is -2.69. The summed E-state index contributed by atoms with van der Waals surface area (Å²) in [6.45, 7) is 0. The van der Waals surface area contributed by atoms with Crippen LogP contribution < -0.4 is 5.56 Å². The van der Waals surface area contributed by atoms with E-state index in [1.165, 1.54) is 4.68 Å². The van der Waals surface area contributed by atoms with Gasteiger partial charge in [-0.1, -0.05) is 18.2 Å². The van der Waals surface area contributed by atoms with E-state index in [1.54, 1.807) is 6.20 Å². The van der Waals surface area contributed by atoms with Gasteiger partial charge in [-0.25, -0.2) is 9.67 Å². The summed E-state index contributed by atoms with van der Waals surface area (Å²) in [7, 11) is 0. The number of ketones is 1. The SMILES string of the molecule is O=C1CCCc2c1cnc1[nH]n(-c3ccccc3)c(=O)c21. The second-order valence-corrected chi connectivity index (χ2v) is 5.24. The Bertz CT molecular complexity index is 906. The van der Waals surface area contributed by atoms with Gasteiger partial charge in [0.15, 0.2) is 11.4 Å². The zero-order valence-corrected chi connectivity index (χ0v) is 11.3. The maximum atomic E-state index is 12.7. The molecule has 0 spiro atoms. The normalized spacial score (nSPS) is 14.4. The topological polar surface area (TPSA) is 67.8 Å². The van der Waals surface area contributed by atoms with Crippen LogP contribution in [0.1, 0.15) is 28.8 Å². The van der Waals surface area contributed by atoms with E-state index in [0.717, 1.165) is 24.1 Å². The molecular weight excluding hydrogens is 266 g/mol. The van der Waals surface area contributed by atoms with Gasteiger partial charge in [-0.2, -0.15) is 0 Å². The highest BCUT2D eigenvalue weighted by molar-refractivity contribution is 6.02. The lowest BCUT2D eigenvalue weighted by atomic mass is 9.90. The fourth-order valence-electron chi connectivity index (χ4n) is 2.95. The first-order valence-corrected chi connectivity index (χ1v) is 6.97. The fourth-order valence-corrected chi connectivity index (χ4v) is 2.95. The van der Waals surface area contributed by atoms with E-state index < -0.39 is 0 Å². The minimum atomic E-state index is -0.143. The molecule has 3 aromatic rings. The molecule has 0 unspecified atom stereocenters. The standard InChI is InChI=1S/C16H13N3O2/c20-13-8-4-7-11-12(13)9-17-15-14(11)16(21)19(18-15)10-5-2-1-3-6-10/h1-3,5-6,9H,4,7-8H2,(H,17,18). The van der Waals surface area contributed by atoms with E-state index in [1.807, 2.05) is 30.3 Å². The molecule has 0 radical (unpaired) electrons. The van der Waals surface area contributed by atoms with Gasteiger partial charge in [0.25, 0.3) is 5.56 Å². The third-order valence-corrected chi connectivity index (χ3v) is 3.97. The molecule has 5 heteroatoms. The van der Waals surface area contributed by atoms with Crippen molar-refractivity contribution >= 4 is 16.8 Å². The lowest BCUT2D eigenvalue weighted by Gasteiger charge is -2.13. The Morgan fingerprint density at radius 2 is 1.90 bits per heavy atom. The van der Waals surface area contributed by atoms with E-state index in [4.69, 9.17) is 0 Å². The van der Waals surface area contributed by atoms with Gasteiger partial charge in [0.05, 0.1) is 11.1 Å². The monoisotopic (exact) mass is 279 g/mol. The van der Waals surface area contributed by atoms with Crippen molar-refractivity contribution in [2.45, 2.75) is 19.3 Å². The van der Waals surface area contributed by atoms with Crippen molar-refractivity contribution in [3.8, 4) is 5.69 Å². The summed E-state index contributed by atoms with van der Waals surface area (Å²) in [6.07, 6.45) is 3.67. The number of pyridine rings is 1. The molecule has 1 N–H and O–H groups in total. The number of carbonyl (C=O) groups is 1. The minimum absolute atomic E-state index is 0.0810. The molecule has 4 rings (SSSR count). The number of Topliss-reactive ketones (excluding diaryl/α,β-unsaturated/α-hetero) is 1. The second-order valence-electron chi connectivity index (χ2n) is 5.24. The highest BCUT2D eigenvalue weighted by atomic mass is 16.1. The predicted molar refractivity (Wildman–Crippen MR) is 79.0 cm³/mol. The van der Waals surface area contributed by atoms with E-state index in [9.17, 15) is 9.59 Å². The van der Waals surface area contributed by atoms with Gasteiger partial charge in [-0.3, -0.25) is 14.7 Å². The highest BCUT2D eigenvalue weighted by Crippen LogP contribution is 2.25. The number of benzene rings is 1. The zero-order valence-electron chi connectivity index (χ0n) is 11.3. The van der Waals surface area contributed by atoms with Crippen LogP contribution in [0, 0.1) is 0 Å². The summed E-state index contributed by atoms with van der Waals surface area (Å²) >= 11 is 0. The maximum Gasteiger partial charge on any atom is 0.281 e. The van der Waals surface area contributed by atoms with Crippen LogP contribution in [-0.4, -0.2) is 20.5 Å². The summed E-state index contributed by atoms with van der Waals surface area (Å²) in [5.41, 5.74) is 2.60. The van der Waals surface area contributed by atoms with Crippen LogP contribution in [0.15, 0.2) is 41.3 Å². The van der Waals surface area contributed by atoms with Crippen molar-refractivity contribution in [3.63, 3.8) is 0 Å². The molecule has 5 nitrogen and oxygen atoms in total. The molecule has 0 bridgehead atoms. The summed E-state index contributed by atoms with van der Waals surface area (Å²) in [5.74, 6) is 0.0810. The number of aryl methyl sites for hydroxylation is 1. The quantitative estimate of drug-likeness (QED) is 0.742. The van der Waals surface area contributed by atoms with Crippen molar-refractivity contribution in [1.29, 1.82) is 0 Å². The lowest BCUT2D eigenvalue weighted by Crippen LogP contribution is -2.17. The molecule has 2 heterocycles. The molecule has 0 saturated heterocycles. The van der Waals surface area contributed by atoms with Gasteiger partial charge >= 0.3 is 0 Å². The van der Waals surface area contributed by atoms with Gasteiger partial charge in [-0.05, 0) is 30.5 Å². The van der Waals surface area contributed by atoms with Gasteiger partial charge in [0.2, 0.25) is 0 Å². The molecule has 0 fully saturated rings. The Labute approximate surface area is 120 Å². The summed E-state index contributed by atoms with van der Waals surface area (Å²) in [6, 6.07) is 9.36. The van der Waals surface area contributed by atoms with E-state index >= 15 is 0 Å². The Morgan fingerprint density at radius 3 is 2.71 bits per heavy atom. The van der Waals surface area contributed by atoms with Crippen LogP contribution in [0.4, 0.5) is 0 Å². The van der Waals surface area contributed by atoms with Crippen LogP contribution in [0.3, 0.4) is 0 Å². The summed E-state index contributed by atoms with van der Waals surface area (Å²) < 4.78 is 1.48. The zero-order chi connectivity index (χ0) is 14.4. The van der Waals surface area contributed by atoms with Crippen LogP contribution in [0.25, 0.3) is 16.7 Å². The van der Waals surface area contributed by atoms with Crippen LogP contribution in [0.5, 0.6) is 0 Å². The lowest BCUT2D eigenvalue weighted by molar-refractivity contribution is 0.0972. The number of aromatic nitrogens is 3. The second kappa shape index (κ2) is 4.41. The molecule has 0 saturated carbocycles. The number of fused-ring (bicyclic) bond motifs is 3. The fraction of sp³-hybridized carbons (Fsp3) is 0.188. The number of hydrogen-bond acceptors (Lipinski definition) is 3. The highest BCUT2D eigenvalue weighted by Gasteiger charge is 2.23. The largest absolute Gasteiger partial charge is 0.294 e. The number of nitrogens with zero attached hydrogens (tertiary/aromatic N) is 2. The van der Waals surface area contributed by atoms with Crippen molar-refractivity contribution in [3.05, 3.63) is 58.0 Å². The number of nitrogens with one attached hydrogen (secondary N) is 1. The van der Waals surface area contributed by atoms with Gasteiger partial charge < -0.3 is 0 Å². The van der Waals surface area contributed by atoms with Crippen LogP contribution >= 0.6 is 0 Å². The van der Waals surface area contributed by atoms with E-state index in [-0.39, 0.29) is 11.3 Å². The van der Waals surface area contributed by atoms with Crippen LogP contribution in [-0.2, 0) is 6.42 Å². The number of H-pyrrole nitrogens is 1. The predicted octanol–water partition coefficient (Wildman–Crippen LogP) is 2.23. The molecule has 1 aliphatic carbocycles. The van der Waals surface area contributed by atoms with E-state index in [0.29, 0.717) is 23.0 Å². The maximum absolute atomic E-state index is 12.7. The van der Waals surface area contributed by atoms with Crippen LogP contribution in [0.2, 0.25) is 0 Å². The summed E-state index contributed by atoms with van der Waals surface area (Å²) in [4.78, 5) is 28.9. The number of carbonyl (C=O) groups excluding carboxylic acids is 1. The first-order chi connectivity index (χ1) is 10.3. The van der Waals surface area contributed by atoms with Gasteiger partial charge in [0, 0.05) is 18.2 Å². The van der Waals surface area contributed by atoms with Crippen molar-refractivity contribution in [2.75, 3.05) is 0 Å². The van der Waals surface area contributed by atoms with E-state index in [2.05, 4.69) is 10.1 Å². The van der Waals surface area contributed by atoms with Gasteiger partial charge in [-0.15, -0.1) is 0 Å². The summed E-state index contributed by atoms with van der Waals surface area (Å²) in [5, 5.41) is 3.57. The molecule has 1 aromatic carbocycles. The molecule has 2 aromatic heterocycles. The molecule has 1 aliphatic rings. The number of para-hydroxylation sites is 1. The number of rotatable bonds is 1. The molecule has 0 atom stereocenters. The Kier molecular flexibility index (Phi) is 2.54. The van der Waals surface area contributed by atoms with Crippen molar-refractivity contribution in [2.24, 2.45) is 0 Å². The molecule has 21 heavy (non-hydrogen) atoms. The van der Waals surface area contributed by atoms with Crippen molar-refractivity contribution in [1.82, 2.24) is 14.8 Å². The molecular formula is C16H13N3O2. The third kappa shape index (κ3) is 1.74. The Morgan fingerprint density at radius 1 is 1.10 bits per heavy atom. The average molecular weight is 279 g/mol. The molecule has 0 aliphatic heterocycles. The third-order valence-electron chi connectivity index (χ3n) is 3.97. The average Bonchev–Trinajstić information content (AvgIpc) is 2.86. The Balaban J connectivity index is 2.04. The minimum Gasteiger partial charge on any atom is -0.294 e. The van der Waals surface area contributed by atoms with Gasteiger partial charge in [0.1, 0.15) is 0 Å². The molecule has 104 valence electrons. The van der Waals surface area contributed by atoms with Crippen molar-refractivity contribution < 1.29 is 4.79 Å². The first-order valence-electron chi connectivity index (χ1n) is 6.97. The first kappa shape index (κ1) is 12.1. The molecule has 0 amide bonds. The number of aromatic amines is 1. The number of hydrogen-bond donors (Lipinski definition) is 1.